The van der Waals surface area contributed by atoms with Crippen LogP contribution >= 0.6 is 0 Å². The summed E-state index contributed by atoms with van der Waals surface area (Å²) in [4.78, 5) is 23.6. The zero-order valence-electron chi connectivity index (χ0n) is 14.7. The Hall–Kier alpha value is -3.41. The highest BCUT2D eigenvalue weighted by Crippen LogP contribution is 2.20. The third kappa shape index (κ3) is 4.36. The number of carbonyl (C=O) groups excluding carboxylic acids is 2. The molecule has 1 aromatic heterocycles. The van der Waals surface area contributed by atoms with E-state index in [1.165, 1.54) is 6.92 Å². The van der Waals surface area contributed by atoms with Crippen LogP contribution in [0.5, 0.6) is 0 Å². The molecule has 132 valence electrons. The Morgan fingerprint density at radius 2 is 1.85 bits per heavy atom. The van der Waals surface area contributed by atoms with Crippen LogP contribution in [0.4, 0.5) is 11.4 Å². The number of rotatable bonds is 5. The lowest BCUT2D eigenvalue weighted by Crippen LogP contribution is -2.13. The third-order valence-corrected chi connectivity index (χ3v) is 3.91. The van der Waals surface area contributed by atoms with Crippen molar-refractivity contribution in [3.63, 3.8) is 0 Å². The van der Waals surface area contributed by atoms with Gasteiger partial charge in [-0.05, 0) is 54.4 Å². The predicted molar refractivity (Wildman–Crippen MR) is 101 cm³/mol. The zero-order chi connectivity index (χ0) is 18.5. The molecule has 3 rings (SSSR count). The maximum atomic E-state index is 12.4. The molecule has 26 heavy (non-hydrogen) atoms. The van der Waals surface area contributed by atoms with Gasteiger partial charge in [0, 0.05) is 36.3 Å². The van der Waals surface area contributed by atoms with Crippen molar-refractivity contribution in [1.29, 1.82) is 0 Å². The quantitative estimate of drug-likeness (QED) is 0.741. The van der Waals surface area contributed by atoms with E-state index in [9.17, 15) is 9.59 Å². The number of nitrogens with zero attached hydrogens (tertiary/aromatic N) is 2. The van der Waals surface area contributed by atoms with Crippen LogP contribution in [-0.2, 0) is 11.3 Å². The second-order valence-corrected chi connectivity index (χ2v) is 6.07. The number of carbonyl (C=O) groups is 2. The Labute approximate surface area is 151 Å². The molecule has 0 aliphatic rings. The lowest BCUT2D eigenvalue weighted by atomic mass is 10.1. The van der Waals surface area contributed by atoms with Crippen molar-refractivity contribution in [1.82, 2.24) is 9.78 Å². The minimum Gasteiger partial charge on any atom is -0.326 e. The molecule has 2 N–H and O–H groups in total. The normalized spacial score (nSPS) is 10.4. The van der Waals surface area contributed by atoms with Gasteiger partial charge in [-0.2, -0.15) is 5.10 Å². The highest BCUT2D eigenvalue weighted by atomic mass is 16.2. The van der Waals surface area contributed by atoms with E-state index >= 15 is 0 Å². The topological polar surface area (TPSA) is 76.0 Å². The van der Waals surface area contributed by atoms with Crippen LogP contribution in [-0.4, -0.2) is 21.6 Å². The molecule has 0 aliphatic carbocycles. The van der Waals surface area contributed by atoms with Gasteiger partial charge in [0.1, 0.15) is 0 Å². The van der Waals surface area contributed by atoms with E-state index < -0.39 is 0 Å². The Morgan fingerprint density at radius 1 is 1.08 bits per heavy atom. The zero-order valence-corrected chi connectivity index (χ0v) is 14.7. The van der Waals surface area contributed by atoms with Crippen molar-refractivity contribution in [3.05, 3.63) is 77.6 Å². The molecule has 0 saturated carbocycles. The van der Waals surface area contributed by atoms with Crippen molar-refractivity contribution in [2.24, 2.45) is 0 Å². The first-order chi connectivity index (χ1) is 12.5. The van der Waals surface area contributed by atoms with Gasteiger partial charge in [-0.25, -0.2) is 0 Å². The SMILES string of the molecule is CC(=O)Nc1ccc(NC(=O)c2ccc(Cn3cccn3)cc2)cc1C. The van der Waals surface area contributed by atoms with E-state index in [1.54, 1.807) is 30.5 Å². The largest absolute Gasteiger partial charge is 0.326 e. The number of anilines is 2. The minimum absolute atomic E-state index is 0.125. The summed E-state index contributed by atoms with van der Waals surface area (Å²) in [5, 5.41) is 9.80. The van der Waals surface area contributed by atoms with Crippen LogP contribution in [0, 0.1) is 6.92 Å². The van der Waals surface area contributed by atoms with Crippen LogP contribution < -0.4 is 10.6 Å². The summed E-state index contributed by atoms with van der Waals surface area (Å²) in [6, 6.07) is 14.7. The fraction of sp³-hybridized carbons (Fsp3) is 0.150. The molecule has 0 saturated heterocycles. The summed E-state index contributed by atoms with van der Waals surface area (Å²) in [5.74, 6) is -0.303. The molecule has 0 aliphatic heterocycles. The third-order valence-electron chi connectivity index (χ3n) is 3.91. The van der Waals surface area contributed by atoms with Crippen molar-refractivity contribution in [2.45, 2.75) is 20.4 Å². The van der Waals surface area contributed by atoms with Crippen molar-refractivity contribution >= 4 is 23.2 Å². The fourth-order valence-corrected chi connectivity index (χ4v) is 2.62. The summed E-state index contributed by atoms with van der Waals surface area (Å²) in [7, 11) is 0. The molecule has 6 heteroatoms. The van der Waals surface area contributed by atoms with Crippen LogP contribution in [0.1, 0.15) is 28.4 Å². The smallest absolute Gasteiger partial charge is 0.255 e. The fourth-order valence-electron chi connectivity index (χ4n) is 2.62. The molecule has 0 unspecified atom stereocenters. The van der Waals surface area contributed by atoms with E-state index in [0.29, 0.717) is 17.8 Å². The first-order valence-corrected chi connectivity index (χ1v) is 8.27. The van der Waals surface area contributed by atoms with Gasteiger partial charge in [-0.3, -0.25) is 14.3 Å². The maximum absolute atomic E-state index is 12.4. The van der Waals surface area contributed by atoms with Crippen molar-refractivity contribution < 1.29 is 9.59 Å². The van der Waals surface area contributed by atoms with Gasteiger partial charge in [0.05, 0.1) is 6.54 Å². The summed E-state index contributed by atoms with van der Waals surface area (Å²) in [5.41, 5.74) is 3.95. The lowest BCUT2D eigenvalue weighted by Gasteiger charge is -2.10. The van der Waals surface area contributed by atoms with E-state index in [-0.39, 0.29) is 11.8 Å². The van der Waals surface area contributed by atoms with E-state index in [1.807, 2.05) is 42.1 Å². The van der Waals surface area contributed by atoms with Crippen molar-refractivity contribution in [2.75, 3.05) is 10.6 Å². The summed E-state index contributed by atoms with van der Waals surface area (Å²) < 4.78 is 1.83. The number of benzene rings is 2. The lowest BCUT2D eigenvalue weighted by molar-refractivity contribution is -0.114. The standard InChI is InChI=1S/C20H20N4O2/c1-14-12-18(8-9-19(14)22-15(2)25)23-20(26)17-6-4-16(5-7-17)13-24-11-3-10-21-24/h3-12H,13H2,1-2H3,(H,22,25)(H,23,26). The first-order valence-electron chi connectivity index (χ1n) is 8.27. The molecular formula is C20H20N4O2. The second-order valence-electron chi connectivity index (χ2n) is 6.07. The van der Waals surface area contributed by atoms with Crippen LogP contribution in [0.3, 0.4) is 0 Å². The average Bonchev–Trinajstić information content (AvgIpc) is 3.10. The van der Waals surface area contributed by atoms with Gasteiger partial charge in [-0.15, -0.1) is 0 Å². The van der Waals surface area contributed by atoms with Gasteiger partial charge >= 0.3 is 0 Å². The highest BCUT2D eigenvalue weighted by Gasteiger charge is 2.08. The molecule has 6 nitrogen and oxygen atoms in total. The van der Waals surface area contributed by atoms with Crippen LogP contribution in [0.2, 0.25) is 0 Å². The first kappa shape index (κ1) is 17.4. The molecule has 2 amide bonds. The molecule has 1 heterocycles. The summed E-state index contributed by atoms with van der Waals surface area (Å²) in [6.45, 7) is 4.01. The Morgan fingerprint density at radius 3 is 2.46 bits per heavy atom. The molecule has 0 radical (unpaired) electrons. The van der Waals surface area contributed by atoms with Gasteiger partial charge in [0.2, 0.25) is 5.91 Å². The van der Waals surface area contributed by atoms with Gasteiger partial charge < -0.3 is 10.6 Å². The predicted octanol–water partition coefficient (Wildman–Crippen LogP) is 3.45. The molecule has 0 fully saturated rings. The highest BCUT2D eigenvalue weighted by molar-refractivity contribution is 6.04. The van der Waals surface area contributed by atoms with E-state index in [0.717, 1.165) is 16.8 Å². The molecular weight excluding hydrogens is 328 g/mol. The van der Waals surface area contributed by atoms with E-state index in [4.69, 9.17) is 0 Å². The molecule has 2 aromatic carbocycles. The molecule has 0 atom stereocenters. The molecule has 3 aromatic rings. The number of nitrogens with one attached hydrogen (secondary N) is 2. The average molecular weight is 348 g/mol. The Kier molecular flexibility index (Phi) is 5.12. The van der Waals surface area contributed by atoms with E-state index in [2.05, 4.69) is 15.7 Å². The number of hydrogen-bond donors (Lipinski definition) is 2. The van der Waals surface area contributed by atoms with Crippen LogP contribution in [0.15, 0.2) is 60.9 Å². The number of amides is 2. The molecule has 0 spiro atoms. The number of aromatic nitrogens is 2. The van der Waals surface area contributed by atoms with Gasteiger partial charge in [-0.1, -0.05) is 12.1 Å². The van der Waals surface area contributed by atoms with Crippen molar-refractivity contribution in [3.8, 4) is 0 Å². The Balaban J connectivity index is 1.66. The van der Waals surface area contributed by atoms with Crippen LogP contribution in [0.25, 0.3) is 0 Å². The number of aryl methyl sites for hydroxylation is 1. The number of hydrogen-bond acceptors (Lipinski definition) is 3. The van der Waals surface area contributed by atoms with Gasteiger partial charge in [0.25, 0.3) is 5.91 Å². The Bertz CT molecular complexity index is 915. The monoisotopic (exact) mass is 348 g/mol. The molecule has 0 bridgehead atoms. The second kappa shape index (κ2) is 7.65. The summed E-state index contributed by atoms with van der Waals surface area (Å²) in [6.07, 6.45) is 3.63. The van der Waals surface area contributed by atoms with Gasteiger partial charge in [0.15, 0.2) is 0 Å². The maximum Gasteiger partial charge on any atom is 0.255 e. The summed E-state index contributed by atoms with van der Waals surface area (Å²) >= 11 is 0. The minimum atomic E-state index is -0.178.